The molecule has 1 aliphatic heterocycles. The summed E-state index contributed by atoms with van der Waals surface area (Å²) in [5.41, 5.74) is 0.219. The van der Waals surface area contributed by atoms with Gasteiger partial charge in [0.25, 0.3) is 0 Å². The van der Waals surface area contributed by atoms with Crippen molar-refractivity contribution in [1.82, 2.24) is 5.32 Å². The maximum atomic E-state index is 13.7. The summed E-state index contributed by atoms with van der Waals surface area (Å²) in [6.45, 7) is 1.60. The second kappa shape index (κ2) is 4.58. The molecule has 2 rings (SSSR count). The van der Waals surface area contributed by atoms with Crippen LogP contribution in [0.2, 0.25) is 0 Å². The van der Waals surface area contributed by atoms with Gasteiger partial charge in [-0.1, -0.05) is 0 Å². The maximum Gasteiger partial charge on any atom is 0.143 e. The fourth-order valence-electron chi connectivity index (χ4n) is 2.02. The number of rotatable bonds is 1. The summed E-state index contributed by atoms with van der Waals surface area (Å²) in [5, 5.41) is 3.16. The van der Waals surface area contributed by atoms with Gasteiger partial charge < -0.3 is 5.32 Å². The molecule has 1 N–H and O–H groups in total. The Morgan fingerprint density at radius 1 is 1.33 bits per heavy atom. The Balaban J connectivity index is 2.36. The van der Waals surface area contributed by atoms with E-state index in [2.05, 4.69) is 21.2 Å². The summed E-state index contributed by atoms with van der Waals surface area (Å²) in [6, 6.07) is 2.72. The van der Waals surface area contributed by atoms with E-state index in [0.29, 0.717) is 11.0 Å². The van der Waals surface area contributed by atoms with Crippen molar-refractivity contribution in [3.63, 3.8) is 0 Å². The van der Waals surface area contributed by atoms with Crippen LogP contribution < -0.4 is 5.32 Å². The molecule has 1 heterocycles. The lowest BCUT2D eigenvalue weighted by molar-refractivity contribution is 0.427. The van der Waals surface area contributed by atoms with Gasteiger partial charge in [-0.15, -0.1) is 0 Å². The van der Waals surface area contributed by atoms with Crippen molar-refractivity contribution < 1.29 is 8.78 Å². The standard InChI is InChI=1S/C11H12BrF2N/c12-8-3-4-9(13)10(11(8)14)7-2-1-5-15-6-7/h3-4,7,15H,1-2,5-6H2. The van der Waals surface area contributed by atoms with Crippen LogP contribution in [0.15, 0.2) is 16.6 Å². The first-order valence-corrected chi connectivity index (χ1v) is 5.83. The van der Waals surface area contributed by atoms with Crippen molar-refractivity contribution in [1.29, 1.82) is 0 Å². The van der Waals surface area contributed by atoms with Gasteiger partial charge in [0.2, 0.25) is 0 Å². The molecular formula is C11H12BrF2N. The van der Waals surface area contributed by atoms with Crippen molar-refractivity contribution in [2.75, 3.05) is 13.1 Å². The van der Waals surface area contributed by atoms with E-state index in [1.807, 2.05) is 0 Å². The average Bonchev–Trinajstić information content (AvgIpc) is 2.26. The van der Waals surface area contributed by atoms with Crippen LogP contribution in [0.1, 0.15) is 24.3 Å². The lowest BCUT2D eigenvalue weighted by atomic mass is 9.91. The van der Waals surface area contributed by atoms with Crippen LogP contribution in [-0.2, 0) is 0 Å². The number of hydrogen-bond donors (Lipinski definition) is 1. The average molecular weight is 276 g/mol. The number of nitrogens with one attached hydrogen (secondary N) is 1. The predicted octanol–water partition coefficient (Wildman–Crippen LogP) is 3.19. The van der Waals surface area contributed by atoms with Crippen molar-refractivity contribution in [2.45, 2.75) is 18.8 Å². The van der Waals surface area contributed by atoms with E-state index in [9.17, 15) is 8.78 Å². The molecular weight excluding hydrogens is 264 g/mol. The van der Waals surface area contributed by atoms with Gasteiger partial charge in [-0.25, -0.2) is 8.78 Å². The number of hydrogen-bond acceptors (Lipinski definition) is 1. The summed E-state index contributed by atoms with van der Waals surface area (Å²) in [6.07, 6.45) is 1.81. The Hall–Kier alpha value is -0.480. The van der Waals surface area contributed by atoms with Crippen molar-refractivity contribution in [2.24, 2.45) is 0 Å². The smallest absolute Gasteiger partial charge is 0.143 e. The Kier molecular flexibility index (Phi) is 3.36. The van der Waals surface area contributed by atoms with E-state index in [4.69, 9.17) is 0 Å². The summed E-state index contributed by atoms with van der Waals surface area (Å²) in [7, 11) is 0. The Bertz CT molecular complexity index is 362. The van der Waals surface area contributed by atoms with E-state index >= 15 is 0 Å². The molecule has 15 heavy (non-hydrogen) atoms. The van der Waals surface area contributed by atoms with E-state index in [1.54, 1.807) is 0 Å². The summed E-state index contributed by atoms with van der Waals surface area (Å²) < 4.78 is 27.6. The van der Waals surface area contributed by atoms with E-state index < -0.39 is 11.6 Å². The molecule has 0 amide bonds. The van der Waals surface area contributed by atoms with Crippen LogP contribution in [0.4, 0.5) is 8.78 Å². The van der Waals surface area contributed by atoms with E-state index in [-0.39, 0.29) is 11.5 Å². The third-order valence-electron chi connectivity index (χ3n) is 2.78. The SMILES string of the molecule is Fc1ccc(Br)c(F)c1C1CCCNC1. The number of benzene rings is 1. The van der Waals surface area contributed by atoms with Gasteiger partial charge in [-0.2, -0.15) is 0 Å². The van der Waals surface area contributed by atoms with Gasteiger partial charge in [0, 0.05) is 18.0 Å². The van der Waals surface area contributed by atoms with Crippen LogP contribution in [-0.4, -0.2) is 13.1 Å². The third-order valence-corrected chi connectivity index (χ3v) is 3.40. The highest BCUT2D eigenvalue weighted by Crippen LogP contribution is 2.31. The second-order valence-electron chi connectivity index (χ2n) is 3.80. The first-order chi connectivity index (χ1) is 7.20. The molecule has 0 aliphatic carbocycles. The van der Waals surface area contributed by atoms with Crippen LogP contribution >= 0.6 is 15.9 Å². The molecule has 1 fully saturated rings. The van der Waals surface area contributed by atoms with Crippen molar-refractivity contribution in [3.05, 3.63) is 33.8 Å². The highest BCUT2D eigenvalue weighted by molar-refractivity contribution is 9.10. The highest BCUT2D eigenvalue weighted by atomic mass is 79.9. The lowest BCUT2D eigenvalue weighted by Crippen LogP contribution is -2.29. The van der Waals surface area contributed by atoms with Crippen molar-refractivity contribution in [3.8, 4) is 0 Å². The highest BCUT2D eigenvalue weighted by Gasteiger charge is 2.23. The fourth-order valence-corrected chi connectivity index (χ4v) is 2.36. The van der Waals surface area contributed by atoms with Crippen LogP contribution in [0.3, 0.4) is 0 Å². The first kappa shape index (κ1) is 11.0. The predicted molar refractivity (Wildman–Crippen MR) is 58.9 cm³/mol. The molecule has 4 heteroatoms. The quantitative estimate of drug-likeness (QED) is 0.777. The molecule has 1 saturated heterocycles. The molecule has 0 saturated carbocycles. The topological polar surface area (TPSA) is 12.0 Å². The zero-order valence-corrected chi connectivity index (χ0v) is 9.78. The maximum absolute atomic E-state index is 13.7. The monoisotopic (exact) mass is 275 g/mol. The molecule has 0 radical (unpaired) electrons. The molecule has 1 aromatic carbocycles. The summed E-state index contributed by atoms with van der Waals surface area (Å²) >= 11 is 3.08. The molecule has 1 nitrogen and oxygen atoms in total. The Morgan fingerprint density at radius 2 is 2.13 bits per heavy atom. The van der Waals surface area contributed by atoms with Gasteiger partial charge in [0.15, 0.2) is 0 Å². The Labute approximate surface area is 96.0 Å². The molecule has 1 aromatic rings. The van der Waals surface area contributed by atoms with Gasteiger partial charge in [0.05, 0.1) is 4.47 Å². The van der Waals surface area contributed by atoms with Crippen LogP contribution in [0.25, 0.3) is 0 Å². The molecule has 1 atom stereocenters. The zero-order valence-electron chi connectivity index (χ0n) is 8.19. The number of piperidine rings is 1. The van der Waals surface area contributed by atoms with Crippen molar-refractivity contribution >= 4 is 15.9 Å². The molecule has 1 aliphatic rings. The Morgan fingerprint density at radius 3 is 2.80 bits per heavy atom. The van der Waals surface area contributed by atoms with E-state index in [1.165, 1.54) is 12.1 Å². The minimum absolute atomic E-state index is 0.0451. The molecule has 82 valence electrons. The largest absolute Gasteiger partial charge is 0.316 e. The van der Waals surface area contributed by atoms with Gasteiger partial charge in [-0.3, -0.25) is 0 Å². The first-order valence-electron chi connectivity index (χ1n) is 5.04. The van der Waals surface area contributed by atoms with Gasteiger partial charge in [0.1, 0.15) is 11.6 Å². The fraction of sp³-hybridized carbons (Fsp3) is 0.455. The van der Waals surface area contributed by atoms with Gasteiger partial charge >= 0.3 is 0 Å². The molecule has 1 unspecified atom stereocenters. The third kappa shape index (κ3) is 2.21. The molecule has 0 bridgehead atoms. The minimum atomic E-state index is -0.455. The molecule has 0 spiro atoms. The van der Waals surface area contributed by atoms with Crippen LogP contribution in [0.5, 0.6) is 0 Å². The zero-order chi connectivity index (χ0) is 10.8. The second-order valence-corrected chi connectivity index (χ2v) is 4.65. The summed E-state index contributed by atoms with van der Waals surface area (Å²) in [4.78, 5) is 0. The van der Waals surface area contributed by atoms with E-state index in [0.717, 1.165) is 19.4 Å². The minimum Gasteiger partial charge on any atom is -0.316 e. The van der Waals surface area contributed by atoms with Gasteiger partial charge in [-0.05, 0) is 47.4 Å². The lowest BCUT2D eigenvalue weighted by Gasteiger charge is -2.24. The van der Waals surface area contributed by atoms with Crippen LogP contribution in [0, 0.1) is 11.6 Å². The summed E-state index contributed by atoms with van der Waals surface area (Å²) in [5.74, 6) is -0.940. The number of halogens is 3. The molecule has 0 aromatic heterocycles. The normalized spacial score (nSPS) is 21.7.